The number of aryl methyl sites for hydroxylation is 1. The fourth-order valence-electron chi connectivity index (χ4n) is 1.99. The van der Waals surface area contributed by atoms with Crippen molar-refractivity contribution in [2.75, 3.05) is 0 Å². The van der Waals surface area contributed by atoms with E-state index < -0.39 is 0 Å². The Kier molecular flexibility index (Phi) is 4.63. The van der Waals surface area contributed by atoms with Gasteiger partial charge in [0.1, 0.15) is 18.0 Å². The van der Waals surface area contributed by atoms with Crippen LogP contribution in [0.3, 0.4) is 0 Å². The van der Waals surface area contributed by atoms with Gasteiger partial charge in [-0.1, -0.05) is 12.1 Å². The van der Waals surface area contributed by atoms with Crippen molar-refractivity contribution < 1.29 is 4.39 Å². The van der Waals surface area contributed by atoms with Crippen LogP contribution in [0.15, 0.2) is 30.6 Å². The molecule has 0 fully saturated rings. The lowest BCUT2D eigenvalue weighted by atomic mass is 10.1. The Morgan fingerprint density at radius 3 is 2.74 bits per heavy atom. The molecule has 2 rings (SSSR count). The highest BCUT2D eigenvalue weighted by atomic mass is 19.1. The summed E-state index contributed by atoms with van der Waals surface area (Å²) < 4.78 is 14.8. The standard InChI is InChI=1S/C14H19FN4/c1-3-19-10-17-18-14(19)9-16-11(2)8-12-4-6-13(15)7-5-12/h4-7,10-11,16H,3,8-9H2,1-2H3/t11-/m0/s1. The van der Waals surface area contributed by atoms with Gasteiger partial charge in [-0.15, -0.1) is 10.2 Å². The zero-order valence-corrected chi connectivity index (χ0v) is 11.3. The van der Waals surface area contributed by atoms with E-state index in [4.69, 9.17) is 0 Å². The van der Waals surface area contributed by atoms with Crippen molar-refractivity contribution in [2.24, 2.45) is 0 Å². The summed E-state index contributed by atoms with van der Waals surface area (Å²) in [6.45, 7) is 5.73. The minimum atomic E-state index is -0.194. The Morgan fingerprint density at radius 1 is 1.32 bits per heavy atom. The maximum absolute atomic E-state index is 12.8. The van der Waals surface area contributed by atoms with Crippen molar-refractivity contribution >= 4 is 0 Å². The second kappa shape index (κ2) is 6.43. The van der Waals surface area contributed by atoms with E-state index in [0.29, 0.717) is 12.6 Å². The third kappa shape index (κ3) is 3.86. The predicted molar refractivity (Wildman–Crippen MR) is 72.1 cm³/mol. The average Bonchev–Trinajstić information content (AvgIpc) is 2.86. The Hall–Kier alpha value is -1.75. The predicted octanol–water partition coefficient (Wildman–Crippen LogP) is 2.16. The van der Waals surface area contributed by atoms with E-state index in [-0.39, 0.29) is 5.82 Å². The third-order valence-corrected chi connectivity index (χ3v) is 3.10. The molecule has 0 radical (unpaired) electrons. The van der Waals surface area contributed by atoms with Crippen molar-refractivity contribution in [1.29, 1.82) is 0 Å². The van der Waals surface area contributed by atoms with Crippen molar-refractivity contribution in [1.82, 2.24) is 20.1 Å². The highest BCUT2D eigenvalue weighted by molar-refractivity contribution is 5.17. The van der Waals surface area contributed by atoms with E-state index in [9.17, 15) is 4.39 Å². The Balaban J connectivity index is 1.84. The number of nitrogens with one attached hydrogen (secondary N) is 1. The normalized spacial score (nSPS) is 12.6. The summed E-state index contributed by atoms with van der Waals surface area (Å²) in [6.07, 6.45) is 2.60. The lowest BCUT2D eigenvalue weighted by molar-refractivity contribution is 0.518. The number of halogens is 1. The van der Waals surface area contributed by atoms with Gasteiger partial charge < -0.3 is 9.88 Å². The van der Waals surface area contributed by atoms with Gasteiger partial charge in [0.25, 0.3) is 0 Å². The van der Waals surface area contributed by atoms with Gasteiger partial charge in [0.05, 0.1) is 6.54 Å². The molecule has 19 heavy (non-hydrogen) atoms. The molecule has 0 saturated heterocycles. The summed E-state index contributed by atoms with van der Waals surface area (Å²) in [7, 11) is 0. The van der Waals surface area contributed by atoms with Crippen LogP contribution in [0.25, 0.3) is 0 Å². The van der Waals surface area contributed by atoms with E-state index in [1.807, 2.05) is 16.7 Å². The lowest BCUT2D eigenvalue weighted by Gasteiger charge is -2.13. The van der Waals surface area contributed by atoms with Gasteiger partial charge in [-0.3, -0.25) is 0 Å². The van der Waals surface area contributed by atoms with Crippen LogP contribution in [-0.4, -0.2) is 20.8 Å². The molecule has 1 heterocycles. The van der Waals surface area contributed by atoms with Crippen LogP contribution >= 0.6 is 0 Å². The molecule has 0 spiro atoms. The maximum Gasteiger partial charge on any atom is 0.146 e. The minimum Gasteiger partial charge on any atom is -0.317 e. The fourth-order valence-corrected chi connectivity index (χ4v) is 1.99. The van der Waals surface area contributed by atoms with E-state index in [1.54, 1.807) is 6.33 Å². The second-order valence-corrected chi connectivity index (χ2v) is 4.65. The Bertz CT molecular complexity index is 506. The molecule has 0 aliphatic carbocycles. The molecule has 2 aromatic rings. The SMILES string of the molecule is CCn1cnnc1CN[C@@H](C)Cc1ccc(F)cc1. The van der Waals surface area contributed by atoms with Gasteiger partial charge in [-0.05, 0) is 38.0 Å². The molecule has 0 saturated carbocycles. The summed E-state index contributed by atoms with van der Waals surface area (Å²) in [6, 6.07) is 6.93. The average molecular weight is 262 g/mol. The van der Waals surface area contributed by atoms with Crippen LogP contribution in [0.4, 0.5) is 4.39 Å². The van der Waals surface area contributed by atoms with Crippen molar-refractivity contribution in [3.8, 4) is 0 Å². The molecule has 1 aromatic carbocycles. The van der Waals surface area contributed by atoms with Gasteiger partial charge in [0.2, 0.25) is 0 Å². The van der Waals surface area contributed by atoms with Crippen molar-refractivity contribution in [2.45, 2.75) is 39.4 Å². The van der Waals surface area contributed by atoms with Crippen LogP contribution in [0, 0.1) is 5.82 Å². The summed E-state index contributed by atoms with van der Waals surface area (Å²) in [5.41, 5.74) is 1.12. The highest BCUT2D eigenvalue weighted by Gasteiger charge is 2.06. The number of benzene rings is 1. The molecule has 0 unspecified atom stereocenters. The van der Waals surface area contributed by atoms with Crippen LogP contribution in [0.2, 0.25) is 0 Å². The van der Waals surface area contributed by atoms with Gasteiger partial charge >= 0.3 is 0 Å². The number of rotatable bonds is 6. The zero-order chi connectivity index (χ0) is 13.7. The smallest absolute Gasteiger partial charge is 0.146 e. The van der Waals surface area contributed by atoms with Gasteiger partial charge in [0.15, 0.2) is 0 Å². The zero-order valence-electron chi connectivity index (χ0n) is 11.3. The maximum atomic E-state index is 12.8. The highest BCUT2D eigenvalue weighted by Crippen LogP contribution is 2.06. The fraction of sp³-hybridized carbons (Fsp3) is 0.429. The van der Waals surface area contributed by atoms with Gasteiger partial charge in [-0.25, -0.2) is 4.39 Å². The molecule has 1 atom stereocenters. The molecular formula is C14H19FN4. The Labute approximate surface area is 112 Å². The molecule has 0 aliphatic rings. The molecule has 4 nitrogen and oxygen atoms in total. The number of hydrogen-bond donors (Lipinski definition) is 1. The quantitative estimate of drug-likeness (QED) is 0.867. The third-order valence-electron chi connectivity index (χ3n) is 3.10. The van der Waals surface area contributed by atoms with E-state index in [1.165, 1.54) is 12.1 Å². The monoisotopic (exact) mass is 262 g/mol. The summed E-state index contributed by atoms with van der Waals surface area (Å²) in [4.78, 5) is 0. The summed E-state index contributed by atoms with van der Waals surface area (Å²) in [5.74, 6) is 0.744. The van der Waals surface area contributed by atoms with Crippen LogP contribution < -0.4 is 5.32 Å². The second-order valence-electron chi connectivity index (χ2n) is 4.65. The van der Waals surface area contributed by atoms with E-state index in [0.717, 1.165) is 24.4 Å². The molecule has 102 valence electrons. The lowest BCUT2D eigenvalue weighted by Crippen LogP contribution is -2.28. The molecular weight excluding hydrogens is 243 g/mol. The Morgan fingerprint density at radius 2 is 2.05 bits per heavy atom. The minimum absolute atomic E-state index is 0.194. The first kappa shape index (κ1) is 13.7. The molecule has 1 N–H and O–H groups in total. The van der Waals surface area contributed by atoms with Gasteiger partial charge in [0, 0.05) is 12.6 Å². The molecule has 0 aliphatic heterocycles. The molecule has 1 aromatic heterocycles. The first-order chi connectivity index (χ1) is 9.19. The topological polar surface area (TPSA) is 42.7 Å². The van der Waals surface area contributed by atoms with Crippen molar-refractivity contribution in [3.63, 3.8) is 0 Å². The van der Waals surface area contributed by atoms with Gasteiger partial charge in [-0.2, -0.15) is 0 Å². The summed E-state index contributed by atoms with van der Waals surface area (Å²) in [5, 5.41) is 11.4. The molecule has 0 bridgehead atoms. The van der Waals surface area contributed by atoms with Crippen LogP contribution in [0.5, 0.6) is 0 Å². The van der Waals surface area contributed by atoms with E-state index in [2.05, 4.69) is 29.4 Å². The van der Waals surface area contributed by atoms with Crippen LogP contribution in [-0.2, 0) is 19.5 Å². The van der Waals surface area contributed by atoms with Crippen molar-refractivity contribution in [3.05, 3.63) is 47.8 Å². The first-order valence-corrected chi connectivity index (χ1v) is 6.53. The number of hydrogen-bond acceptors (Lipinski definition) is 3. The summed E-state index contributed by atoms with van der Waals surface area (Å²) >= 11 is 0. The molecule has 5 heteroatoms. The number of aromatic nitrogens is 3. The molecule has 0 amide bonds. The van der Waals surface area contributed by atoms with Crippen LogP contribution in [0.1, 0.15) is 25.2 Å². The largest absolute Gasteiger partial charge is 0.317 e. The first-order valence-electron chi connectivity index (χ1n) is 6.53. The number of nitrogens with zero attached hydrogens (tertiary/aromatic N) is 3. The van der Waals surface area contributed by atoms with E-state index >= 15 is 0 Å².